The van der Waals surface area contributed by atoms with E-state index in [1.54, 1.807) is 6.08 Å². The number of carbonyl (C=O) groups is 2. The largest absolute Gasteiger partial charge is 0.368 e. The van der Waals surface area contributed by atoms with Gasteiger partial charge >= 0.3 is 0 Å². The smallest absolute Gasteiger partial charge is 0.267 e. The van der Waals surface area contributed by atoms with Gasteiger partial charge in [0.05, 0.1) is 3.79 Å². The number of rotatable bonds is 5. The highest BCUT2D eigenvalue weighted by Crippen LogP contribution is 2.22. The molecule has 7 heteroatoms. The van der Waals surface area contributed by atoms with Gasteiger partial charge in [-0.15, -0.1) is 11.3 Å². The van der Waals surface area contributed by atoms with Crippen LogP contribution in [0.5, 0.6) is 0 Å². The summed E-state index contributed by atoms with van der Waals surface area (Å²) in [6, 6.07) is 3.74. The fraction of sp³-hybridized carbons (Fsp3) is 0.111. The molecule has 0 bridgehead atoms. The van der Waals surface area contributed by atoms with Gasteiger partial charge in [0, 0.05) is 11.0 Å². The van der Waals surface area contributed by atoms with Crippen LogP contribution in [-0.4, -0.2) is 18.4 Å². The Bertz CT molecular complexity index is 417. The Labute approximate surface area is 104 Å². The lowest BCUT2D eigenvalue weighted by molar-refractivity contribution is -0.134. The molecule has 0 spiro atoms. The van der Waals surface area contributed by atoms with Crippen LogP contribution in [0.25, 0.3) is 6.08 Å². The van der Waals surface area contributed by atoms with E-state index < -0.39 is 11.8 Å². The lowest BCUT2D eigenvalue weighted by Crippen LogP contribution is -2.28. The second kappa shape index (κ2) is 6.41. The minimum Gasteiger partial charge on any atom is -0.368 e. The number of hydrogen-bond acceptors (Lipinski definition) is 4. The van der Waals surface area contributed by atoms with Crippen molar-refractivity contribution in [2.24, 2.45) is 5.73 Å². The predicted octanol–water partition coefficient (Wildman–Crippen LogP) is 1.06. The Kier molecular flexibility index (Phi) is 5.17. The van der Waals surface area contributed by atoms with Crippen LogP contribution < -0.4 is 11.2 Å². The first-order chi connectivity index (χ1) is 7.58. The van der Waals surface area contributed by atoms with Crippen LogP contribution in [-0.2, 0) is 14.4 Å². The molecular formula is C9H9BrN2O3S. The Morgan fingerprint density at radius 2 is 2.31 bits per heavy atom. The van der Waals surface area contributed by atoms with E-state index in [2.05, 4.69) is 26.2 Å². The molecule has 86 valence electrons. The van der Waals surface area contributed by atoms with Crippen molar-refractivity contribution in [3.05, 3.63) is 26.9 Å². The molecular weight excluding hydrogens is 296 g/mol. The number of hydroxylamine groups is 1. The molecule has 0 aliphatic heterocycles. The number of amides is 2. The maximum Gasteiger partial charge on any atom is 0.267 e. The Morgan fingerprint density at radius 3 is 2.88 bits per heavy atom. The molecule has 0 radical (unpaired) electrons. The van der Waals surface area contributed by atoms with Crippen LogP contribution >= 0.6 is 27.3 Å². The fourth-order valence-electron chi connectivity index (χ4n) is 0.788. The number of hydrogen-bond donors (Lipinski definition) is 2. The van der Waals surface area contributed by atoms with E-state index in [1.165, 1.54) is 17.4 Å². The van der Waals surface area contributed by atoms with E-state index in [0.717, 1.165) is 8.66 Å². The monoisotopic (exact) mass is 304 g/mol. The maximum atomic E-state index is 11.1. The molecule has 2 amide bonds. The van der Waals surface area contributed by atoms with Crippen LogP contribution in [0, 0.1) is 0 Å². The molecule has 1 aromatic rings. The van der Waals surface area contributed by atoms with Gasteiger partial charge in [0.25, 0.3) is 5.91 Å². The Hall–Kier alpha value is -1.18. The summed E-state index contributed by atoms with van der Waals surface area (Å²) in [4.78, 5) is 26.9. The van der Waals surface area contributed by atoms with Crippen LogP contribution in [0.1, 0.15) is 4.88 Å². The molecule has 0 atom stereocenters. The molecule has 5 nitrogen and oxygen atoms in total. The maximum absolute atomic E-state index is 11.1. The summed E-state index contributed by atoms with van der Waals surface area (Å²) in [5.41, 5.74) is 6.87. The molecule has 1 aromatic heterocycles. The molecule has 1 heterocycles. The molecule has 0 aliphatic carbocycles. The first-order valence-corrected chi connectivity index (χ1v) is 5.82. The second-order valence-electron chi connectivity index (χ2n) is 2.70. The first-order valence-electron chi connectivity index (χ1n) is 4.21. The number of halogens is 1. The van der Waals surface area contributed by atoms with Crippen molar-refractivity contribution < 1.29 is 14.4 Å². The van der Waals surface area contributed by atoms with E-state index in [-0.39, 0.29) is 6.61 Å². The van der Waals surface area contributed by atoms with E-state index in [0.29, 0.717) is 0 Å². The summed E-state index contributed by atoms with van der Waals surface area (Å²) in [5.74, 6) is -1.10. The summed E-state index contributed by atoms with van der Waals surface area (Å²) in [6.07, 6.45) is 2.94. The van der Waals surface area contributed by atoms with Crippen LogP contribution in [0.2, 0.25) is 0 Å². The highest BCUT2D eigenvalue weighted by atomic mass is 79.9. The van der Waals surface area contributed by atoms with Gasteiger partial charge in [-0.05, 0) is 34.1 Å². The van der Waals surface area contributed by atoms with Crippen molar-refractivity contribution in [3.8, 4) is 0 Å². The van der Waals surface area contributed by atoms with Crippen molar-refractivity contribution in [2.75, 3.05) is 6.61 Å². The van der Waals surface area contributed by atoms with E-state index >= 15 is 0 Å². The molecule has 0 aromatic carbocycles. The third kappa shape index (κ3) is 5.06. The Balaban J connectivity index is 2.34. The standard InChI is InChI=1S/C9H9BrN2O3S/c10-7-3-1-6(16-7)2-4-9(14)12-15-5-8(11)13/h1-4H,5H2,(H2,11,13)(H,12,14)/b4-2+. The van der Waals surface area contributed by atoms with Gasteiger partial charge in [-0.1, -0.05) is 0 Å². The normalized spacial score (nSPS) is 10.6. The molecule has 3 N–H and O–H groups in total. The fourth-order valence-corrected chi connectivity index (χ4v) is 2.11. The average molecular weight is 305 g/mol. The lowest BCUT2D eigenvalue weighted by atomic mass is 10.4. The lowest BCUT2D eigenvalue weighted by Gasteiger charge is -1.99. The van der Waals surface area contributed by atoms with Crippen molar-refractivity contribution in [3.63, 3.8) is 0 Å². The quantitative estimate of drug-likeness (QED) is 0.630. The highest BCUT2D eigenvalue weighted by Gasteiger charge is 1.98. The molecule has 0 saturated heterocycles. The number of thiophene rings is 1. The minimum absolute atomic E-state index is 0.343. The zero-order valence-corrected chi connectivity index (χ0v) is 10.5. The predicted molar refractivity (Wildman–Crippen MR) is 64.3 cm³/mol. The molecule has 0 unspecified atom stereocenters. The van der Waals surface area contributed by atoms with Gasteiger partial charge in [0.2, 0.25) is 5.91 Å². The van der Waals surface area contributed by atoms with Crippen molar-refractivity contribution in [1.82, 2.24) is 5.48 Å². The third-order valence-corrected chi connectivity index (χ3v) is 2.97. The number of carbonyl (C=O) groups excluding carboxylic acids is 2. The van der Waals surface area contributed by atoms with Crippen molar-refractivity contribution in [1.29, 1.82) is 0 Å². The summed E-state index contributed by atoms with van der Waals surface area (Å²) >= 11 is 4.80. The van der Waals surface area contributed by atoms with Gasteiger partial charge in [0.15, 0.2) is 6.61 Å². The zero-order valence-electron chi connectivity index (χ0n) is 8.10. The van der Waals surface area contributed by atoms with Crippen molar-refractivity contribution >= 4 is 45.2 Å². The SMILES string of the molecule is NC(=O)CONC(=O)/C=C/c1ccc(Br)s1. The van der Waals surface area contributed by atoms with Crippen LogP contribution in [0.3, 0.4) is 0 Å². The summed E-state index contributed by atoms with van der Waals surface area (Å²) in [5, 5.41) is 0. The Morgan fingerprint density at radius 1 is 1.56 bits per heavy atom. The van der Waals surface area contributed by atoms with Gasteiger partial charge in [-0.2, -0.15) is 0 Å². The molecule has 16 heavy (non-hydrogen) atoms. The molecule has 0 aliphatic rings. The topological polar surface area (TPSA) is 81.4 Å². The number of primary amides is 1. The van der Waals surface area contributed by atoms with Crippen molar-refractivity contribution in [2.45, 2.75) is 0 Å². The van der Waals surface area contributed by atoms with Gasteiger partial charge in [-0.3, -0.25) is 14.4 Å². The number of nitrogens with one attached hydrogen (secondary N) is 1. The van der Waals surface area contributed by atoms with Gasteiger partial charge in [-0.25, -0.2) is 5.48 Å². The molecule has 0 saturated carbocycles. The second-order valence-corrected chi connectivity index (χ2v) is 5.19. The zero-order chi connectivity index (χ0) is 12.0. The third-order valence-electron chi connectivity index (χ3n) is 1.38. The molecule has 1 rings (SSSR count). The van der Waals surface area contributed by atoms with Gasteiger partial charge < -0.3 is 5.73 Å². The average Bonchev–Trinajstić information content (AvgIpc) is 2.61. The minimum atomic E-state index is -0.647. The van der Waals surface area contributed by atoms with E-state index in [1.807, 2.05) is 12.1 Å². The summed E-state index contributed by atoms with van der Waals surface area (Å²) in [7, 11) is 0. The van der Waals surface area contributed by atoms with Gasteiger partial charge in [0.1, 0.15) is 0 Å². The molecule has 0 fully saturated rings. The first kappa shape index (κ1) is 12.9. The highest BCUT2D eigenvalue weighted by molar-refractivity contribution is 9.11. The van der Waals surface area contributed by atoms with Crippen LogP contribution in [0.15, 0.2) is 22.0 Å². The van der Waals surface area contributed by atoms with E-state index in [9.17, 15) is 9.59 Å². The van der Waals surface area contributed by atoms with E-state index in [4.69, 9.17) is 5.73 Å². The number of nitrogens with two attached hydrogens (primary N) is 1. The van der Waals surface area contributed by atoms with Crippen LogP contribution in [0.4, 0.5) is 0 Å². The summed E-state index contributed by atoms with van der Waals surface area (Å²) < 4.78 is 0.984. The summed E-state index contributed by atoms with van der Waals surface area (Å²) in [6.45, 7) is -0.343.